The van der Waals surface area contributed by atoms with Crippen molar-refractivity contribution < 1.29 is 16.8 Å². The van der Waals surface area contributed by atoms with E-state index in [1.54, 1.807) is 22.9 Å². The molecule has 3 heterocycles. The average Bonchev–Trinajstić information content (AvgIpc) is 3.60. The quantitative estimate of drug-likeness (QED) is 0.296. The summed E-state index contributed by atoms with van der Waals surface area (Å²) in [5.74, 6) is -0.0417. The number of hydrogen-bond acceptors (Lipinski definition) is 11. The van der Waals surface area contributed by atoms with Crippen LogP contribution in [0.4, 0.5) is 0 Å². The molecular weight excluding hydrogens is 508 g/mol. The van der Waals surface area contributed by atoms with Crippen LogP contribution in [0.15, 0.2) is 55.3 Å². The van der Waals surface area contributed by atoms with E-state index in [9.17, 15) is 16.8 Å². The molecule has 1 fully saturated rings. The fraction of sp³-hybridized carbons (Fsp3) is 0.350. The van der Waals surface area contributed by atoms with Gasteiger partial charge in [0.15, 0.2) is 12.5 Å². The summed E-state index contributed by atoms with van der Waals surface area (Å²) in [5, 5.41) is 24.9. The minimum atomic E-state index is -4.58. The Labute approximate surface area is 207 Å². The van der Waals surface area contributed by atoms with E-state index in [1.807, 2.05) is 0 Å². The van der Waals surface area contributed by atoms with Gasteiger partial charge in [0.1, 0.15) is 15.3 Å². The first kappa shape index (κ1) is 24.5. The molecule has 0 radical (unpaired) electrons. The van der Waals surface area contributed by atoms with E-state index in [0.717, 1.165) is 0 Å². The molecule has 190 valence electrons. The van der Waals surface area contributed by atoms with Crippen molar-refractivity contribution in [3.8, 4) is 11.1 Å². The number of aromatic nitrogens is 3. The molecule has 0 unspecified atom stereocenters. The van der Waals surface area contributed by atoms with Crippen molar-refractivity contribution in [3.05, 3.63) is 35.9 Å². The highest BCUT2D eigenvalue weighted by molar-refractivity contribution is 7.92. The molecule has 2 aromatic carbocycles. The molecular formula is C20H24N10O4S2. The highest BCUT2D eigenvalue weighted by atomic mass is 32.2. The van der Waals surface area contributed by atoms with Gasteiger partial charge in [-0.1, -0.05) is 23.4 Å². The summed E-state index contributed by atoms with van der Waals surface area (Å²) in [4.78, 5) is 3.09. The van der Waals surface area contributed by atoms with Crippen LogP contribution >= 0.6 is 0 Å². The van der Waals surface area contributed by atoms with Gasteiger partial charge in [-0.2, -0.15) is 5.11 Å². The molecule has 2 aliphatic rings. The Hall–Kier alpha value is -3.15. The maximum Gasteiger partial charge on any atom is 0.242 e. The number of nitrogens with one attached hydrogen (secondary N) is 2. The lowest BCUT2D eigenvalue weighted by atomic mass is 9.97. The number of primary sulfonamides is 1. The first-order chi connectivity index (χ1) is 17.2. The molecule has 16 heteroatoms. The molecule has 2 aliphatic heterocycles. The second-order valence-electron chi connectivity index (χ2n) is 8.31. The van der Waals surface area contributed by atoms with E-state index in [2.05, 4.69) is 35.6 Å². The second-order valence-corrected chi connectivity index (χ2v) is 11.5. The number of rotatable bonds is 8. The molecule has 1 atom stereocenters. The summed E-state index contributed by atoms with van der Waals surface area (Å²) < 4.78 is 56.8. The number of hydrogen-bond donors (Lipinski definition) is 4. The molecule has 0 saturated carbocycles. The van der Waals surface area contributed by atoms with Crippen molar-refractivity contribution in [1.29, 1.82) is 0 Å². The van der Waals surface area contributed by atoms with Crippen molar-refractivity contribution in [3.63, 3.8) is 0 Å². The number of fused-ring (bicyclic) bond motifs is 1. The smallest absolute Gasteiger partial charge is 0.242 e. The molecule has 1 aromatic heterocycles. The number of sulfonamides is 2. The van der Waals surface area contributed by atoms with Gasteiger partial charge in [-0.3, -0.25) is 0 Å². The summed E-state index contributed by atoms with van der Waals surface area (Å²) in [7, 11) is -8.86. The van der Waals surface area contributed by atoms with E-state index >= 15 is 0 Å². The van der Waals surface area contributed by atoms with Gasteiger partial charge in [-0.15, -0.1) is 10.2 Å². The monoisotopic (exact) mass is 532 g/mol. The molecule has 0 amide bonds. The molecule has 5 rings (SSSR count). The third-order valence-corrected chi connectivity index (χ3v) is 8.61. The van der Waals surface area contributed by atoms with Crippen molar-refractivity contribution in [2.75, 3.05) is 26.3 Å². The fourth-order valence-electron chi connectivity index (χ4n) is 4.40. The summed E-state index contributed by atoms with van der Waals surface area (Å²) in [6.07, 6.45) is 0.566. The van der Waals surface area contributed by atoms with Gasteiger partial charge >= 0.3 is 0 Å². The Morgan fingerprint density at radius 1 is 1.14 bits per heavy atom. The largest absolute Gasteiger partial charge is 0.329 e. The maximum atomic E-state index is 13.4. The standard InChI is InChI=1S/C20H24N10O4S2/c21-7-9-30-15-3-1-2-14(18(15)26-29-30)13-4-5-16(36(33,34)28-12-6-8-23-10-12)19(35(22,31)32)17(13)20-24-11-25-27-20/h1-5,12,23,28H,6-11,21H2,(H2,22,31,32)/t12-/m1/s1. The van der Waals surface area contributed by atoms with Crippen LogP contribution in [0, 0.1) is 0 Å². The van der Waals surface area contributed by atoms with E-state index < -0.39 is 29.8 Å². The van der Waals surface area contributed by atoms with Crippen LogP contribution in [0.2, 0.25) is 0 Å². The highest BCUT2D eigenvalue weighted by Crippen LogP contribution is 2.37. The first-order valence-corrected chi connectivity index (χ1v) is 14.1. The topological polar surface area (TPSA) is 212 Å². The Morgan fingerprint density at radius 3 is 2.64 bits per heavy atom. The minimum absolute atomic E-state index is 0.0291. The van der Waals surface area contributed by atoms with Gasteiger partial charge in [-0.25, -0.2) is 36.4 Å². The van der Waals surface area contributed by atoms with Gasteiger partial charge in [-0.05, 0) is 30.7 Å². The number of amidine groups is 1. The zero-order valence-electron chi connectivity index (χ0n) is 19.0. The second kappa shape index (κ2) is 9.38. The number of nitrogens with zero attached hydrogens (tertiary/aromatic N) is 6. The van der Waals surface area contributed by atoms with E-state index in [0.29, 0.717) is 54.8 Å². The van der Waals surface area contributed by atoms with Crippen LogP contribution in [0.5, 0.6) is 0 Å². The predicted octanol–water partition coefficient (Wildman–Crippen LogP) is -0.485. The molecule has 0 aliphatic carbocycles. The molecule has 0 spiro atoms. The SMILES string of the molecule is NCCn1nnc2c(-c3ccc(S(=O)(=O)N[C@@H]4CCNC4)c(S(N)(=O)=O)c3C3=NCN=N3)cccc21. The van der Waals surface area contributed by atoms with Crippen LogP contribution in [-0.2, 0) is 26.6 Å². The third kappa shape index (κ3) is 4.42. The zero-order chi connectivity index (χ0) is 25.5. The Kier molecular flexibility index (Phi) is 6.39. The van der Waals surface area contributed by atoms with Crippen LogP contribution < -0.4 is 20.9 Å². The summed E-state index contributed by atoms with van der Waals surface area (Å²) in [6, 6.07) is 7.61. The van der Waals surface area contributed by atoms with Crippen molar-refractivity contribution in [2.24, 2.45) is 26.1 Å². The lowest BCUT2D eigenvalue weighted by Crippen LogP contribution is -2.37. The molecule has 6 N–H and O–H groups in total. The summed E-state index contributed by atoms with van der Waals surface area (Å²) >= 11 is 0. The molecule has 36 heavy (non-hydrogen) atoms. The molecule has 3 aromatic rings. The third-order valence-electron chi connectivity index (χ3n) is 5.93. The van der Waals surface area contributed by atoms with Crippen LogP contribution in [-0.4, -0.2) is 70.0 Å². The molecule has 1 saturated heterocycles. The van der Waals surface area contributed by atoms with Gasteiger partial charge in [0.2, 0.25) is 20.0 Å². The minimum Gasteiger partial charge on any atom is -0.329 e. The van der Waals surface area contributed by atoms with Gasteiger partial charge < -0.3 is 11.1 Å². The lowest BCUT2D eigenvalue weighted by molar-refractivity contribution is 0.555. The highest BCUT2D eigenvalue weighted by Gasteiger charge is 2.34. The van der Waals surface area contributed by atoms with E-state index in [1.165, 1.54) is 12.1 Å². The fourth-order valence-corrected chi connectivity index (χ4v) is 7.27. The predicted molar refractivity (Wildman–Crippen MR) is 131 cm³/mol. The number of aliphatic imine (C=N–C) groups is 1. The van der Waals surface area contributed by atoms with Crippen molar-refractivity contribution in [1.82, 2.24) is 25.0 Å². The van der Waals surface area contributed by atoms with Gasteiger partial charge in [0.05, 0.1) is 17.6 Å². The van der Waals surface area contributed by atoms with Gasteiger partial charge in [0.25, 0.3) is 0 Å². The van der Waals surface area contributed by atoms with Crippen LogP contribution in [0.1, 0.15) is 12.0 Å². The number of nitrogens with two attached hydrogens (primary N) is 2. The van der Waals surface area contributed by atoms with Crippen molar-refractivity contribution in [2.45, 2.75) is 28.8 Å². The lowest BCUT2D eigenvalue weighted by Gasteiger charge is -2.19. The molecule has 14 nitrogen and oxygen atoms in total. The van der Waals surface area contributed by atoms with Crippen molar-refractivity contribution >= 4 is 36.9 Å². The summed E-state index contributed by atoms with van der Waals surface area (Å²) in [6.45, 7) is 1.81. The maximum absolute atomic E-state index is 13.4. The first-order valence-electron chi connectivity index (χ1n) is 11.1. The number of azo groups is 1. The zero-order valence-corrected chi connectivity index (χ0v) is 20.6. The average molecular weight is 533 g/mol. The van der Waals surface area contributed by atoms with Crippen LogP contribution in [0.25, 0.3) is 22.2 Å². The van der Waals surface area contributed by atoms with Crippen LogP contribution in [0.3, 0.4) is 0 Å². The number of benzene rings is 2. The van der Waals surface area contributed by atoms with E-state index in [4.69, 9.17) is 10.9 Å². The molecule has 0 bridgehead atoms. The summed E-state index contributed by atoms with van der Waals surface area (Å²) in [5.41, 5.74) is 7.57. The Balaban J connectivity index is 1.79. The Bertz CT molecular complexity index is 1610. The van der Waals surface area contributed by atoms with Gasteiger partial charge in [0, 0.05) is 24.7 Å². The Morgan fingerprint density at radius 2 is 1.97 bits per heavy atom. The normalized spacial score (nSPS) is 18.3. The van der Waals surface area contributed by atoms with E-state index in [-0.39, 0.29) is 24.1 Å².